The Kier molecular flexibility index (Phi) is 11.9. The summed E-state index contributed by atoms with van der Waals surface area (Å²) >= 11 is 0. The fourth-order valence-corrected chi connectivity index (χ4v) is 4.11. The van der Waals surface area contributed by atoms with E-state index in [1.54, 1.807) is 0 Å². The summed E-state index contributed by atoms with van der Waals surface area (Å²) in [4.78, 5) is 6.84. The molecule has 1 heterocycles. The van der Waals surface area contributed by atoms with Gasteiger partial charge < -0.3 is 20.1 Å². The van der Waals surface area contributed by atoms with Crippen molar-refractivity contribution >= 4 is 5.96 Å². The number of guanidine groups is 1. The van der Waals surface area contributed by atoms with Crippen LogP contribution in [0.15, 0.2) is 4.99 Å². The molecule has 0 aromatic heterocycles. The zero-order valence-corrected chi connectivity index (χ0v) is 18.5. The molecule has 0 aromatic rings. The van der Waals surface area contributed by atoms with Crippen molar-refractivity contribution in [2.75, 3.05) is 53.0 Å². The highest BCUT2D eigenvalue weighted by atomic mass is 16.5. The monoisotopic (exact) mass is 396 g/mol. The molecule has 28 heavy (non-hydrogen) atoms. The number of hydrogen-bond donors (Lipinski definition) is 2. The predicted octanol–water partition coefficient (Wildman–Crippen LogP) is 3.03. The molecule has 1 saturated heterocycles. The van der Waals surface area contributed by atoms with Gasteiger partial charge in [0.2, 0.25) is 0 Å². The van der Waals surface area contributed by atoms with Gasteiger partial charge in [0.05, 0.1) is 18.8 Å². The van der Waals surface area contributed by atoms with Crippen LogP contribution in [0.4, 0.5) is 0 Å². The summed E-state index contributed by atoms with van der Waals surface area (Å²) in [6.07, 6.45) is 10.9. The summed E-state index contributed by atoms with van der Waals surface area (Å²) in [6, 6.07) is 0. The summed E-state index contributed by atoms with van der Waals surface area (Å²) < 4.78 is 12.0. The molecule has 0 aromatic carbocycles. The molecular formula is C22H44N4O2. The van der Waals surface area contributed by atoms with Crippen LogP contribution in [0.25, 0.3) is 0 Å². The molecular weight excluding hydrogens is 352 g/mol. The van der Waals surface area contributed by atoms with Gasteiger partial charge in [0.1, 0.15) is 0 Å². The van der Waals surface area contributed by atoms with Crippen molar-refractivity contribution in [3.05, 3.63) is 0 Å². The van der Waals surface area contributed by atoms with Crippen molar-refractivity contribution in [3.63, 3.8) is 0 Å². The lowest BCUT2D eigenvalue weighted by molar-refractivity contribution is -0.0284. The smallest absolute Gasteiger partial charge is 0.191 e. The van der Waals surface area contributed by atoms with Crippen LogP contribution in [0.1, 0.15) is 65.2 Å². The zero-order valence-electron chi connectivity index (χ0n) is 18.5. The maximum atomic E-state index is 6.07. The van der Waals surface area contributed by atoms with E-state index in [4.69, 9.17) is 9.47 Å². The molecule has 0 radical (unpaired) electrons. The molecule has 6 heteroatoms. The minimum atomic E-state index is 0.235. The minimum absolute atomic E-state index is 0.235. The molecule has 164 valence electrons. The van der Waals surface area contributed by atoms with Gasteiger partial charge in [-0.25, -0.2) is 0 Å². The van der Waals surface area contributed by atoms with Gasteiger partial charge in [-0.2, -0.15) is 0 Å². The quantitative estimate of drug-likeness (QED) is 0.257. The SMILES string of the molecule is CN=C(NCCCCOC1CCCCCC1)NCC1CN(CC(C)C)CCO1. The van der Waals surface area contributed by atoms with E-state index in [9.17, 15) is 0 Å². The highest BCUT2D eigenvalue weighted by molar-refractivity contribution is 5.79. The van der Waals surface area contributed by atoms with Crippen molar-refractivity contribution in [2.45, 2.75) is 77.4 Å². The Hall–Kier alpha value is -0.850. The third-order valence-electron chi connectivity index (χ3n) is 5.59. The van der Waals surface area contributed by atoms with Crippen LogP contribution in [0.2, 0.25) is 0 Å². The number of morpholine rings is 1. The lowest BCUT2D eigenvalue weighted by atomic mass is 10.1. The summed E-state index contributed by atoms with van der Waals surface area (Å²) in [5.74, 6) is 1.57. The van der Waals surface area contributed by atoms with Gasteiger partial charge in [0.25, 0.3) is 0 Å². The maximum absolute atomic E-state index is 6.07. The second-order valence-corrected chi connectivity index (χ2v) is 8.72. The number of nitrogens with zero attached hydrogens (tertiary/aromatic N) is 2. The fourth-order valence-electron chi connectivity index (χ4n) is 4.11. The first-order valence-corrected chi connectivity index (χ1v) is 11.6. The molecule has 2 N–H and O–H groups in total. The summed E-state index contributed by atoms with van der Waals surface area (Å²) in [5, 5.41) is 6.83. The van der Waals surface area contributed by atoms with Crippen LogP contribution in [0, 0.1) is 5.92 Å². The molecule has 1 aliphatic heterocycles. The normalized spacial score (nSPS) is 23.0. The molecule has 1 atom stereocenters. The van der Waals surface area contributed by atoms with Crippen molar-refractivity contribution < 1.29 is 9.47 Å². The number of aliphatic imine (C=N–C) groups is 1. The second-order valence-electron chi connectivity index (χ2n) is 8.72. The lowest BCUT2D eigenvalue weighted by Gasteiger charge is -2.34. The average molecular weight is 397 g/mol. The fraction of sp³-hybridized carbons (Fsp3) is 0.955. The Labute approximate surface area is 172 Å². The van der Waals surface area contributed by atoms with Gasteiger partial charge in [-0.05, 0) is 31.6 Å². The van der Waals surface area contributed by atoms with Gasteiger partial charge in [0, 0.05) is 46.4 Å². The van der Waals surface area contributed by atoms with E-state index in [0.717, 1.165) is 64.7 Å². The Bertz CT molecular complexity index is 423. The van der Waals surface area contributed by atoms with Crippen molar-refractivity contribution in [1.82, 2.24) is 15.5 Å². The van der Waals surface area contributed by atoms with E-state index >= 15 is 0 Å². The van der Waals surface area contributed by atoms with Crippen LogP contribution < -0.4 is 10.6 Å². The standard InChI is InChI=1S/C22H44N4O2/c1-19(2)17-26-13-15-28-21(18-26)16-25-22(23-3)24-12-8-9-14-27-20-10-6-4-5-7-11-20/h19-21H,4-18H2,1-3H3,(H2,23,24,25). The highest BCUT2D eigenvalue weighted by Gasteiger charge is 2.21. The van der Waals surface area contributed by atoms with Crippen LogP contribution in [0.5, 0.6) is 0 Å². The van der Waals surface area contributed by atoms with Gasteiger partial charge in [0.15, 0.2) is 5.96 Å². The topological polar surface area (TPSA) is 58.1 Å². The summed E-state index contributed by atoms with van der Waals surface area (Å²) in [6.45, 7) is 11.2. The molecule has 2 rings (SSSR count). The molecule has 2 fully saturated rings. The summed E-state index contributed by atoms with van der Waals surface area (Å²) in [5.41, 5.74) is 0. The molecule has 1 saturated carbocycles. The first-order chi connectivity index (χ1) is 13.7. The number of hydrogen-bond acceptors (Lipinski definition) is 4. The third kappa shape index (κ3) is 10.1. The van der Waals surface area contributed by atoms with E-state index in [2.05, 4.69) is 34.4 Å². The second kappa shape index (κ2) is 14.2. The van der Waals surface area contributed by atoms with E-state index in [0.29, 0.717) is 12.0 Å². The van der Waals surface area contributed by atoms with Crippen molar-refractivity contribution in [2.24, 2.45) is 10.9 Å². The number of ether oxygens (including phenoxy) is 2. The van der Waals surface area contributed by atoms with Gasteiger partial charge in [-0.3, -0.25) is 9.89 Å². The Morgan fingerprint density at radius 1 is 1.14 bits per heavy atom. The maximum Gasteiger partial charge on any atom is 0.191 e. The Morgan fingerprint density at radius 2 is 1.93 bits per heavy atom. The van der Waals surface area contributed by atoms with Gasteiger partial charge >= 0.3 is 0 Å². The summed E-state index contributed by atoms with van der Waals surface area (Å²) in [7, 11) is 1.83. The number of unbranched alkanes of at least 4 members (excludes halogenated alkanes) is 1. The van der Waals surface area contributed by atoms with Crippen molar-refractivity contribution in [1.29, 1.82) is 0 Å². The van der Waals surface area contributed by atoms with Gasteiger partial charge in [-0.15, -0.1) is 0 Å². The van der Waals surface area contributed by atoms with E-state index in [-0.39, 0.29) is 6.10 Å². The largest absolute Gasteiger partial charge is 0.378 e. The molecule has 0 amide bonds. The molecule has 1 unspecified atom stereocenters. The predicted molar refractivity (Wildman–Crippen MR) is 117 cm³/mol. The Balaban J connectivity index is 1.51. The lowest BCUT2D eigenvalue weighted by Crippen LogP contribution is -2.50. The van der Waals surface area contributed by atoms with Gasteiger partial charge in [-0.1, -0.05) is 39.5 Å². The first-order valence-electron chi connectivity index (χ1n) is 11.6. The third-order valence-corrected chi connectivity index (χ3v) is 5.59. The van der Waals surface area contributed by atoms with Crippen LogP contribution in [0.3, 0.4) is 0 Å². The molecule has 0 spiro atoms. The molecule has 6 nitrogen and oxygen atoms in total. The number of nitrogens with one attached hydrogen (secondary N) is 2. The Morgan fingerprint density at radius 3 is 2.64 bits per heavy atom. The van der Waals surface area contributed by atoms with Crippen molar-refractivity contribution in [3.8, 4) is 0 Å². The van der Waals surface area contributed by atoms with Crippen LogP contribution >= 0.6 is 0 Å². The number of rotatable bonds is 10. The molecule has 2 aliphatic rings. The van der Waals surface area contributed by atoms with E-state index in [1.165, 1.54) is 38.5 Å². The van der Waals surface area contributed by atoms with Crippen LogP contribution in [-0.2, 0) is 9.47 Å². The highest BCUT2D eigenvalue weighted by Crippen LogP contribution is 2.19. The average Bonchev–Trinajstić information content (AvgIpc) is 2.95. The van der Waals surface area contributed by atoms with E-state index < -0.39 is 0 Å². The molecule has 1 aliphatic carbocycles. The van der Waals surface area contributed by atoms with Crippen LogP contribution in [-0.4, -0.2) is 76.1 Å². The first kappa shape index (κ1) is 23.4. The minimum Gasteiger partial charge on any atom is -0.378 e. The zero-order chi connectivity index (χ0) is 20.0. The molecule has 0 bridgehead atoms. The van der Waals surface area contributed by atoms with E-state index in [1.807, 2.05) is 7.05 Å².